The average Bonchev–Trinajstić information content (AvgIpc) is 2.61. The molecule has 0 spiro atoms. The summed E-state index contributed by atoms with van der Waals surface area (Å²) in [5, 5.41) is 13.7. The maximum Gasteiger partial charge on any atom is 0.343 e. The van der Waals surface area contributed by atoms with E-state index in [4.69, 9.17) is 4.74 Å². The zero-order valence-electron chi connectivity index (χ0n) is 14.1. The highest BCUT2D eigenvalue weighted by Crippen LogP contribution is 2.28. The molecule has 0 aromatic heterocycles. The van der Waals surface area contributed by atoms with Gasteiger partial charge in [0.25, 0.3) is 0 Å². The SMILES string of the molecule is CC(C)C(=O)Nc1ccc(C(=O)Oc2cc(C=O)ccc2[N+](=O)[O-])cc1. The van der Waals surface area contributed by atoms with Gasteiger partial charge in [-0.2, -0.15) is 0 Å². The van der Waals surface area contributed by atoms with Gasteiger partial charge in [0, 0.05) is 23.2 Å². The molecule has 0 aliphatic carbocycles. The predicted molar refractivity (Wildman–Crippen MR) is 93.4 cm³/mol. The second kappa shape index (κ2) is 8.02. The number of nitro groups is 1. The van der Waals surface area contributed by atoms with Gasteiger partial charge in [-0.15, -0.1) is 0 Å². The normalized spacial score (nSPS) is 10.3. The van der Waals surface area contributed by atoms with Gasteiger partial charge in [-0.1, -0.05) is 13.8 Å². The summed E-state index contributed by atoms with van der Waals surface area (Å²) in [7, 11) is 0. The van der Waals surface area contributed by atoms with Gasteiger partial charge in [0.05, 0.1) is 10.5 Å². The van der Waals surface area contributed by atoms with Crippen molar-refractivity contribution in [2.75, 3.05) is 5.32 Å². The monoisotopic (exact) mass is 356 g/mol. The minimum Gasteiger partial charge on any atom is -0.416 e. The first-order valence-corrected chi connectivity index (χ1v) is 7.68. The van der Waals surface area contributed by atoms with Crippen LogP contribution in [0, 0.1) is 16.0 Å². The van der Waals surface area contributed by atoms with Crippen molar-refractivity contribution < 1.29 is 24.0 Å². The van der Waals surface area contributed by atoms with Gasteiger partial charge in [-0.05, 0) is 36.4 Å². The van der Waals surface area contributed by atoms with Crippen molar-refractivity contribution in [2.45, 2.75) is 13.8 Å². The first kappa shape index (κ1) is 18.8. The third kappa shape index (κ3) is 4.50. The van der Waals surface area contributed by atoms with Crippen molar-refractivity contribution in [3.63, 3.8) is 0 Å². The molecule has 0 unspecified atom stereocenters. The molecule has 0 fully saturated rings. The third-order valence-electron chi connectivity index (χ3n) is 3.43. The summed E-state index contributed by atoms with van der Waals surface area (Å²) in [5.41, 5.74) is 0.363. The van der Waals surface area contributed by atoms with E-state index >= 15 is 0 Å². The van der Waals surface area contributed by atoms with Crippen molar-refractivity contribution in [3.8, 4) is 5.75 Å². The zero-order valence-corrected chi connectivity index (χ0v) is 14.1. The lowest BCUT2D eigenvalue weighted by atomic mass is 10.1. The number of benzene rings is 2. The summed E-state index contributed by atoms with van der Waals surface area (Å²) in [6.45, 7) is 3.50. The molecule has 1 N–H and O–H groups in total. The van der Waals surface area contributed by atoms with Gasteiger partial charge in [-0.3, -0.25) is 19.7 Å². The smallest absolute Gasteiger partial charge is 0.343 e. The first-order chi connectivity index (χ1) is 12.3. The van der Waals surface area contributed by atoms with Crippen LogP contribution in [-0.4, -0.2) is 23.1 Å². The highest BCUT2D eigenvalue weighted by atomic mass is 16.6. The van der Waals surface area contributed by atoms with E-state index in [-0.39, 0.29) is 28.7 Å². The minimum absolute atomic E-state index is 0.137. The fourth-order valence-corrected chi connectivity index (χ4v) is 1.97. The van der Waals surface area contributed by atoms with Crippen LogP contribution in [0.4, 0.5) is 11.4 Å². The van der Waals surface area contributed by atoms with Gasteiger partial charge in [-0.25, -0.2) is 4.79 Å². The van der Waals surface area contributed by atoms with E-state index < -0.39 is 16.6 Å². The van der Waals surface area contributed by atoms with Crippen LogP contribution in [0.25, 0.3) is 0 Å². The number of hydrogen-bond donors (Lipinski definition) is 1. The molecule has 0 bridgehead atoms. The second-order valence-electron chi connectivity index (χ2n) is 5.71. The number of anilines is 1. The summed E-state index contributed by atoms with van der Waals surface area (Å²) in [6, 6.07) is 9.37. The molecule has 0 aliphatic heterocycles. The molecular formula is C18H16N2O6. The number of esters is 1. The van der Waals surface area contributed by atoms with Crippen LogP contribution < -0.4 is 10.1 Å². The van der Waals surface area contributed by atoms with Gasteiger partial charge in [0.1, 0.15) is 6.29 Å². The largest absolute Gasteiger partial charge is 0.416 e. The van der Waals surface area contributed by atoms with Crippen molar-refractivity contribution in [1.29, 1.82) is 0 Å². The number of nitrogens with zero attached hydrogens (tertiary/aromatic N) is 1. The van der Waals surface area contributed by atoms with E-state index in [1.807, 2.05) is 0 Å². The quantitative estimate of drug-likeness (QED) is 0.279. The molecule has 1 amide bonds. The standard InChI is InChI=1S/C18H16N2O6/c1-11(2)17(22)19-14-6-4-13(5-7-14)18(23)26-16-9-12(10-21)3-8-15(16)20(24)25/h3-11H,1-2H3,(H,19,22). The first-order valence-electron chi connectivity index (χ1n) is 7.68. The number of carbonyl (C=O) groups is 3. The van der Waals surface area contributed by atoms with Gasteiger partial charge < -0.3 is 10.1 Å². The molecule has 0 saturated heterocycles. The van der Waals surface area contributed by atoms with E-state index in [0.717, 1.165) is 12.1 Å². The molecule has 0 heterocycles. The predicted octanol–water partition coefficient (Wildman–Crippen LogP) is 3.22. The molecule has 0 saturated carbocycles. The lowest BCUT2D eigenvalue weighted by molar-refractivity contribution is -0.385. The van der Waals surface area contributed by atoms with Crippen molar-refractivity contribution in [2.24, 2.45) is 5.92 Å². The summed E-state index contributed by atoms with van der Waals surface area (Å²) in [6.07, 6.45) is 0.493. The number of rotatable bonds is 6. The molecule has 2 aromatic rings. The van der Waals surface area contributed by atoms with Crippen LogP contribution in [0.1, 0.15) is 34.6 Å². The maximum atomic E-state index is 12.2. The van der Waals surface area contributed by atoms with E-state index in [1.165, 1.54) is 30.3 Å². The molecule has 8 heteroatoms. The van der Waals surface area contributed by atoms with E-state index in [9.17, 15) is 24.5 Å². The second-order valence-corrected chi connectivity index (χ2v) is 5.71. The lowest BCUT2D eigenvalue weighted by Crippen LogP contribution is -2.17. The van der Waals surface area contributed by atoms with Gasteiger partial charge >= 0.3 is 11.7 Å². The maximum absolute atomic E-state index is 12.2. The van der Waals surface area contributed by atoms with Gasteiger partial charge in [0.2, 0.25) is 11.7 Å². The Morgan fingerprint density at radius 1 is 1.15 bits per heavy atom. The Balaban J connectivity index is 2.19. The Hall–Kier alpha value is -3.55. The Labute approximate surface area is 148 Å². The molecule has 134 valence electrons. The minimum atomic E-state index is -0.821. The van der Waals surface area contributed by atoms with Crippen LogP contribution in [0.15, 0.2) is 42.5 Å². The summed E-state index contributed by atoms with van der Waals surface area (Å²) < 4.78 is 5.07. The summed E-state index contributed by atoms with van der Waals surface area (Å²) in [4.78, 5) is 45.0. The van der Waals surface area contributed by atoms with Gasteiger partial charge in [0.15, 0.2) is 0 Å². The summed E-state index contributed by atoms with van der Waals surface area (Å²) >= 11 is 0. The Morgan fingerprint density at radius 3 is 2.35 bits per heavy atom. The number of nitrogens with one attached hydrogen (secondary N) is 1. The number of amides is 1. The highest BCUT2D eigenvalue weighted by Gasteiger charge is 2.19. The molecule has 0 aliphatic rings. The molecule has 2 rings (SSSR count). The molecular weight excluding hydrogens is 340 g/mol. The number of aldehydes is 1. The van der Waals surface area contributed by atoms with Crippen molar-refractivity contribution in [1.82, 2.24) is 0 Å². The fraction of sp³-hybridized carbons (Fsp3) is 0.167. The van der Waals surface area contributed by atoms with Crippen LogP contribution in [0.5, 0.6) is 5.75 Å². The number of nitro benzene ring substituents is 1. The molecule has 2 aromatic carbocycles. The van der Waals surface area contributed by atoms with E-state index in [1.54, 1.807) is 13.8 Å². The summed E-state index contributed by atoms with van der Waals surface area (Å²) in [5.74, 6) is -1.49. The topological polar surface area (TPSA) is 116 Å². The third-order valence-corrected chi connectivity index (χ3v) is 3.43. The average molecular weight is 356 g/mol. The van der Waals surface area contributed by atoms with Crippen LogP contribution in [0.2, 0.25) is 0 Å². The number of carbonyl (C=O) groups excluding carboxylic acids is 3. The van der Waals surface area contributed by atoms with Crippen LogP contribution in [-0.2, 0) is 4.79 Å². The molecule has 26 heavy (non-hydrogen) atoms. The lowest BCUT2D eigenvalue weighted by Gasteiger charge is -2.09. The van der Waals surface area contributed by atoms with Crippen molar-refractivity contribution >= 4 is 29.5 Å². The molecule has 0 atom stereocenters. The van der Waals surface area contributed by atoms with E-state index in [0.29, 0.717) is 12.0 Å². The number of hydrogen-bond acceptors (Lipinski definition) is 6. The van der Waals surface area contributed by atoms with E-state index in [2.05, 4.69) is 5.32 Å². The molecule has 8 nitrogen and oxygen atoms in total. The zero-order chi connectivity index (χ0) is 19.3. The Morgan fingerprint density at radius 2 is 1.81 bits per heavy atom. The van der Waals surface area contributed by atoms with Crippen molar-refractivity contribution in [3.05, 3.63) is 63.7 Å². The Kier molecular flexibility index (Phi) is 5.79. The fourth-order valence-electron chi connectivity index (χ4n) is 1.97. The van der Waals surface area contributed by atoms with Crippen LogP contribution in [0.3, 0.4) is 0 Å². The van der Waals surface area contributed by atoms with Crippen LogP contribution >= 0.6 is 0 Å². The Bertz CT molecular complexity index is 858. The number of ether oxygens (including phenoxy) is 1. The molecule has 0 radical (unpaired) electrons. The highest BCUT2D eigenvalue weighted by molar-refractivity contribution is 5.94.